The third-order valence-electron chi connectivity index (χ3n) is 8.02. The normalized spacial score (nSPS) is 11.3. The van der Waals surface area contributed by atoms with Crippen LogP contribution in [0.3, 0.4) is 0 Å². The fourth-order valence-electron chi connectivity index (χ4n) is 5.95. The van der Waals surface area contributed by atoms with Gasteiger partial charge in [0.25, 0.3) is 0 Å². The summed E-state index contributed by atoms with van der Waals surface area (Å²) in [4.78, 5) is 13.6. The van der Waals surface area contributed by atoms with Gasteiger partial charge in [0.05, 0.1) is 16.7 Å². The summed E-state index contributed by atoms with van der Waals surface area (Å²) >= 11 is 6.36. The minimum atomic E-state index is 0.169. The van der Waals surface area contributed by atoms with E-state index in [1.54, 1.807) is 0 Å². The molecule has 0 spiro atoms. The maximum atomic E-state index is 6.36. The predicted octanol–water partition coefficient (Wildman–Crippen LogP) is 10.3. The standard InChI is InChI=1S/C39H25ClN4/c40-39-42-37(28-13-5-2-6-14-28)41-38(43-39)29-21-19-27(20-22-29)33-25-30(26-11-3-1-4-12-26)23-24-36(33)44-34-17-9-7-15-31(34)32-16-8-10-18-35(32)44/h1-25H. The molecule has 0 saturated carbocycles. The summed E-state index contributed by atoms with van der Waals surface area (Å²) in [6.07, 6.45) is 0. The van der Waals surface area contributed by atoms with Crippen LogP contribution in [-0.4, -0.2) is 19.5 Å². The van der Waals surface area contributed by atoms with Crippen LogP contribution in [0.1, 0.15) is 0 Å². The molecule has 5 heteroatoms. The van der Waals surface area contributed by atoms with E-state index < -0.39 is 0 Å². The highest BCUT2D eigenvalue weighted by Gasteiger charge is 2.17. The van der Waals surface area contributed by atoms with E-state index in [1.165, 1.54) is 27.4 Å². The fraction of sp³-hybridized carbons (Fsp3) is 0. The summed E-state index contributed by atoms with van der Waals surface area (Å²) in [7, 11) is 0. The summed E-state index contributed by atoms with van der Waals surface area (Å²) < 4.78 is 2.38. The van der Waals surface area contributed by atoms with Crippen molar-refractivity contribution in [2.75, 3.05) is 0 Å². The molecule has 0 aliphatic carbocycles. The van der Waals surface area contributed by atoms with Gasteiger partial charge in [-0.15, -0.1) is 0 Å². The first-order valence-corrected chi connectivity index (χ1v) is 14.9. The monoisotopic (exact) mass is 584 g/mol. The van der Waals surface area contributed by atoms with Crippen molar-refractivity contribution in [3.05, 3.63) is 157 Å². The van der Waals surface area contributed by atoms with E-state index in [4.69, 9.17) is 16.6 Å². The molecule has 0 N–H and O–H groups in total. The van der Waals surface area contributed by atoms with Gasteiger partial charge in [-0.3, -0.25) is 0 Å². The van der Waals surface area contributed by atoms with Crippen molar-refractivity contribution in [2.24, 2.45) is 0 Å². The van der Waals surface area contributed by atoms with Crippen molar-refractivity contribution in [3.63, 3.8) is 0 Å². The number of hydrogen-bond donors (Lipinski definition) is 0. The minimum absolute atomic E-state index is 0.169. The van der Waals surface area contributed by atoms with Crippen molar-refractivity contribution in [3.8, 4) is 50.7 Å². The molecule has 2 heterocycles. The molecule has 0 saturated heterocycles. The number of para-hydroxylation sites is 2. The number of halogens is 1. The molecule has 0 atom stereocenters. The molecule has 0 bridgehead atoms. The van der Waals surface area contributed by atoms with Gasteiger partial charge in [-0.25, -0.2) is 4.98 Å². The summed E-state index contributed by atoms with van der Waals surface area (Å²) in [5.74, 6) is 1.09. The molecule has 2 aromatic heterocycles. The van der Waals surface area contributed by atoms with Crippen molar-refractivity contribution in [1.29, 1.82) is 0 Å². The van der Waals surface area contributed by atoms with Crippen molar-refractivity contribution in [1.82, 2.24) is 19.5 Å². The predicted molar refractivity (Wildman–Crippen MR) is 181 cm³/mol. The van der Waals surface area contributed by atoms with Crippen LogP contribution < -0.4 is 0 Å². The Bertz CT molecular complexity index is 2220. The second-order valence-electron chi connectivity index (χ2n) is 10.7. The molecular weight excluding hydrogens is 560 g/mol. The Hall–Kier alpha value is -5.58. The number of rotatable bonds is 5. The molecule has 0 radical (unpaired) electrons. The summed E-state index contributed by atoms with van der Waals surface area (Å²) in [5, 5.41) is 2.64. The number of nitrogens with zero attached hydrogens (tertiary/aromatic N) is 4. The van der Waals surface area contributed by atoms with Crippen molar-refractivity contribution >= 4 is 33.4 Å². The Balaban J connectivity index is 1.30. The summed E-state index contributed by atoms with van der Waals surface area (Å²) in [6.45, 7) is 0. The minimum Gasteiger partial charge on any atom is -0.309 e. The average molecular weight is 585 g/mol. The Morgan fingerprint density at radius 3 is 1.50 bits per heavy atom. The Morgan fingerprint density at radius 1 is 0.409 bits per heavy atom. The molecule has 8 rings (SSSR count). The van der Waals surface area contributed by atoms with Crippen LogP contribution >= 0.6 is 11.6 Å². The molecule has 0 unspecified atom stereocenters. The molecule has 0 aliphatic heterocycles. The smallest absolute Gasteiger partial charge is 0.226 e. The van der Waals surface area contributed by atoms with Gasteiger partial charge >= 0.3 is 0 Å². The fourth-order valence-corrected chi connectivity index (χ4v) is 6.11. The average Bonchev–Trinajstić information content (AvgIpc) is 3.43. The molecule has 4 nitrogen and oxygen atoms in total. The second kappa shape index (κ2) is 10.9. The zero-order chi connectivity index (χ0) is 29.5. The highest BCUT2D eigenvalue weighted by Crippen LogP contribution is 2.38. The van der Waals surface area contributed by atoms with Gasteiger partial charge in [-0.1, -0.05) is 127 Å². The van der Waals surface area contributed by atoms with Crippen LogP contribution in [0.15, 0.2) is 152 Å². The molecular formula is C39H25ClN4. The van der Waals surface area contributed by atoms with Crippen LogP contribution in [0.2, 0.25) is 5.28 Å². The van der Waals surface area contributed by atoms with Gasteiger partial charge in [-0.05, 0) is 52.6 Å². The van der Waals surface area contributed by atoms with Crippen LogP contribution in [0.5, 0.6) is 0 Å². The lowest BCUT2D eigenvalue weighted by molar-refractivity contribution is 1.07. The van der Waals surface area contributed by atoms with Gasteiger partial charge < -0.3 is 4.57 Å². The van der Waals surface area contributed by atoms with Gasteiger partial charge in [0.15, 0.2) is 11.6 Å². The lowest BCUT2D eigenvalue weighted by atomic mass is 9.96. The second-order valence-corrected chi connectivity index (χ2v) is 11.0. The Labute approximate surface area is 259 Å². The molecule has 44 heavy (non-hydrogen) atoms. The van der Waals surface area contributed by atoms with Crippen molar-refractivity contribution in [2.45, 2.75) is 0 Å². The van der Waals surface area contributed by atoms with Crippen LogP contribution in [0, 0.1) is 0 Å². The van der Waals surface area contributed by atoms with E-state index in [2.05, 4.69) is 130 Å². The van der Waals surface area contributed by atoms with E-state index >= 15 is 0 Å². The largest absolute Gasteiger partial charge is 0.309 e. The number of hydrogen-bond acceptors (Lipinski definition) is 3. The van der Waals surface area contributed by atoms with Gasteiger partial charge in [-0.2, -0.15) is 9.97 Å². The highest BCUT2D eigenvalue weighted by molar-refractivity contribution is 6.28. The summed E-state index contributed by atoms with van der Waals surface area (Å²) in [5.41, 5.74) is 9.77. The highest BCUT2D eigenvalue weighted by atomic mass is 35.5. The van der Waals surface area contributed by atoms with E-state index in [9.17, 15) is 0 Å². The maximum absolute atomic E-state index is 6.36. The molecule has 0 fully saturated rings. The third kappa shape index (κ3) is 4.62. The quantitative estimate of drug-likeness (QED) is 0.202. The topological polar surface area (TPSA) is 43.6 Å². The van der Waals surface area contributed by atoms with Crippen LogP contribution in [0.25, 0.3) is 72.5 Å². The first-order chi connectivity index (χ1) is 21.7. The molecule has 0 aliphatic rings. The van der Waals surface area contributed by atoms with Crippen molar-refractivity contribution < 1.29 is 0 Å². The number of aromatic nitrogens is 4. The first-order valence-electron chi connectivity index (χ1n) is 14.5. The number of benzene rings is 6. The van der Waals surface area contributed by atoms with Crippen LogP contribution in [0.4, 0.5) is 0 Å². The lowest BCUT2D eigenvalue weighted by Gasteiger charge is -2.16. The van der Waals surface area contributed by atoms with Gasteiger partial charge in [0.1, 0.15) is 0 Å². The molecule has 8 aromatic rings. The Morgan fingerprint density at radius 2 is 0.886 bits per heavy atom. The van der Waals surface area contributed by atoms with E-state index in [1.807, 2.05) is 36.4 Å². The van der Waals surface area contributed by atoms with E-state index in [-0.39, 0.29) is 5.28 Å². The number of fused-ring (bicyclic) bond motifs is 3. The SMILES string of the molecule is Clc1nc(-c2ccccc2)nc(-c2ccc(-c3cc(-c4ccccc4)ccc3-n3c4ccccc4c4ccccc43)cc2)n1. The van der Waals surface area contributed by atoms with Gasteiger partial charge in [0, 0.05) is 27.5 Å². The zero-order valence-corrected chi connectivity index (χ0v) is 24.4. The van der Waals surface area contributed by atoms with E-state index in [0.29, 0.717) is 11.6 Å². The maximum Gasteiger partial charge on any atom is 0.226 e. The molecule has 0 amide bonds. The first kappa shape index (κ1) is 26.1. The van der Waals surface area contributed by atoms with E-state index in [0.717, 1.165) is 33.5 Å². The Kier molecular flexibility index (Phi) is 6.47. The molecule has 208 valence electrons. The lowest BCUT2D eigenvalue weighted by Crippen LogP contribution is -1.99. The molecule has 6 aromatic carbocycles. The summed E-state index contributed by atoms with van der Waals surface area (Å²) in [6, 6.07) is 52.7. The van der Waals surface area contributed by atoms with Gasteiger partial charge in [0.2, 0.25) is 5.28 Å². The third-order valence-corrected chi connectivity index (χ3v) is 8.19. The zero-order valence-electron chi connectivity index (χ0n) is 23.6. The van der Waals surface area contributed by atoms with Crippen LogP contribution in [-0.2, 0) is 0 Å².